The first-order valence-corrected chi connectivity index (χ1v) is 13.8. The van der Waals surface area contributed by atoms with Crippen molar-refractivity contribution >= 4 is 46.2 Å². The van der Waals surface area contributed by atoms with Crippen LogP contribution in [0.5, 0.6) is 5.75 Å². The van der Waals surface area contributed by atoms with Crippen LogP contribution in [-0.4, -0.2) is 95.0 Å². The van der Waals surface area contributed by atoms with E-state index in [4.69, 9.17) is 4.74 Å². The Bertz CT molecular complexity index is 1630. The number of aromatic nitrogens is 1. The number of pyridine rings is 1. The van der Waals surface area contributed by atoms with Crippen LogP contribution in [0.25, 0.3) is 0 Å². The zero-order valence-electron chi connectivity index (χ0n) is 21.9. The van der Waals surface area contributed by atoms with Gasteiger partial charge in [0.05, 0.1) is 6.54 Å². The van der Waals surface area contributed by atoms with Crippen LogP contribution in [0.2, 0.25) is 0 Å². The van der Waals surface area contributed by atoms with Crippen LogP contribution < -0.4 is 25.6 Å². The summed E-state index contributed by atoms with van der Waals surface area (Å²) in [7, 11) is -4.94. The van der Waals surface area contributed by atoms with E-state index < -0.39 is 63.4 Å². The summed E-state index contributed by atoms with van der Waals surface area (Å²) in [5, 5.41) is 12.2. The van der Waals surface area contributed by atoms with Gasteiger partial charge in [-0.2, -0.15) is 8.42 Å². The second-order valence-corrected chi connectivity index (χ2v) is 10.4. The van der Waals surface area contributed by atoms with Gasteiger partial charge >= 0.3 is 34.4 Å². The van der Waals surface area contributed by atoms with E-state index >= 15 is 0 Å². The van der Waals surface area contributed by atoms with E-state index in [1.54, 1.807) is 30.3 Å². The lowest BCUT2D eigenvalue weighted by Gasteiger charge is -2.36. The molecule has 0 saturated carbocycles. The molecule has 3 heterocycles. The molecule has 2 aromatic rings. The minimum atomic E-state index is -4.94. The predicted molar refractivity (Wildman–Crippen MR) is 141 cm³/mol. The predicted octanol–water partition coefficient (Wildman–Crippen LogP) is -1.35. The summed E-state index contributed by atoms with van der Waals surface area (Å²) in [5.74, 6) is -2.55. The second kappa shape index (κ2) is 12.5. The van der Waals surface area contributed by atoms with Gasteiger partial charge in [0.25, 0.3) is 11.8 Å². The number of aromatic hydroxyl groups is 1. The molecule has 0 spiro atoms. The Morgan fingerprint density at radius 3 is 2.33 bits per heavy atom. The van der Waals surface area contributed by atoms with Gasteiger partial charge in [0.1, 0.15) is 18.3 Å². The summed E-state index contributed by atoms with van der Waals surface area (Å²) in [6.07, 6.45) is 0.0252. The van der Waals surface area contributed by atoms with Crippen molar-refractivity contribution in [2.45, 2.75) is 19.1 Å². The maximum absolute atomic E-state index is 12.7. The Hall–Kier alpha value is -5.66. The van der Waals surface area contributed by atoms with E-state index in [-0.39, 0.29) is 38.4 Å². The molecule has 19 nitrogen and oxygen atoms in total. The average Bonchev–Trinajstić information content (AvgIpc) is 2.96. The summed E-state index contributed by atoms with van der Waals surface area (Å²) in [6.45, 7) is -0.792. The Labute approximate surface area is 241 Å². The molecule has 1 aromatic heterocycles. The summed E-state index contributed by atoms with van der Waals surface area (Å²) in [6, 6.07) is 4.27. The number of nitrogens with one attached hydrogen (secondary N) is 5. The zero-order valence-corrected chi connectivity index (χ0v) is 22.8. The smallest absolute Gasteiger partial charge is 0.408 e. The third kappa shape index (κ3) is 7.35. The standard InChI is InChI=1S/C23H24N8O11S/c32-16-9-14(24-10-17(16)33)18(34)26-31-8-4-7-29(23(31)39)20(36)27-43(40,41)28-21(37)30-11-15(19(30)35)25-22(38)42-12-13-5-2-1-3-6-13/h1-3,5-6,9-10,15,33H,4,7-8,11-12H2,(H,24,32)(H,25,38)(H,26,34)(H,27,36)(H,28,37)/t15-/m0/s1. The number of hydrogen-bond acceptors (Lipinski definition) is 11. The molecule has 9 amide bonds. The summed E-state index contributed by atoms with van der Waals surface area (Å²) >= 11 is 0. The molecule has 1 aromatic carbocycles. The van der Waals surface area contributed by atoms with E-state index in [2.05, 4.69) is 15.7 Å². The molecule has 0 aliphatic carbocycles. The lowest BCUT2D eigenvalue weighted by atomic mass is 10.1. The van der Waals surface area contributed by atoms with E-state index in [9.17, 15) is 47.1 Å². The number of rotatable bonds is 7. The van der Waals surface area contributed by atoms with Gasteiger partial charge in [-0.3, -0.25) is 24.7 Å². The van der Waals surface area contributed by atoms with Crippen LogP contribution in [0.3, 0.4) is 0 Å². The number of ether oxygens (including phenoxy) is 1. The van der Waals surface area contributed by atoms with E-state index in [1.807, 2.05) is 0 Å². The molecular formula is C23H24N8O11S. The number of amides is 9. The highest BCUT2D eigenvalue weighted by atomic mass is 32.2. The van der Waals surface area contributed by atoms with Crippen molar-refractivity contribution in [1.29, 1.82) is 0 Å². The van der Waals surface area contributed by atoms with Crippen molar-refractivity contribution in [3.63, 3.8) is 0 Å². The van der Waals surface area contributed by atoms with Crippen LogP contribution in [0.4, 0.5) is 19.2 Å². The van der Waals surface area contributed by atoms with E-state index in [0.717, 1.165) is 12.3 Å². The number of alkyl carbamates (subject to hydrolysis) is 1. The molecule has 228 valence electrons. The Morgan fingerprint density at radius 1 is 1.00 bits per heavy atom. The van der Waals surface area contributed by atoms with Gasteiger partial charge in [-0.25, -0.2) is 38.5 Å². The van der Waals surface area contributed by atoms with Gasteiger partial charge in [0.2, 0.25) is 5.43 Å². The molecule has 0 radical (unpaired) electrons. The molecule has 6 N–H and O–H groups in total. The Kier molecular flexibility index (Phi) is 8.78. The maximum atomic E-state index is 12.7. The number of carbonyl (C=O) groups is 6. The Morgan fingerprint density at radius 2 is 1.67 bits per heavy atom. The molecule has 0 unspecified atom stereocenters. The Balaban J connectivity index is 1.25. The van der Waals surface area contributed by atoms with Gasteiger partial charge < -0.3 is 20.1 Å². The monoisotopic (exact) mass is 620 g/mol. The van der Waals surface area contributed by atoms with E-state index in [0.29, 0.717) is 20.4 Å². The van der Waals surface area contributed by atoms with Gasteiger partial charge in [-0.1, -0.05) is 30.3 Å². The van der Waals surface area contributed by atoms with Crippen molar-refractivity contribution in [3.8, 4) is 5.75 Å². The van der Waals surface area contributed by atoms with Crippen LogP contribution >= 0.6 is 0 Å². The first kappa shape index (κ1) is 30.3. The minimum Gasteiger partial charge on any atom is -0.503 e. The largest absolute Gasteiger partial charge is 0.503 e. The van der Waals surface area contributed by atoms with Crippen LogP contribution in [0.15, 0.2) is 47.4 Å². The first-order chi connectivity index (χ1) is 20.3. The number of aromatic amines is 1. The topological polar surface area (TPSA) is 257 Å². The van der Waals surface area contributed by atoms with Crippen LogP contribution in [0, 0.1) is 0 Å². The summed E-state index contributed by atoms with van der Waals surface area (Å²) < 4.78 is 32.6. The van der Waals surface area contributed by atoms with Crippen molar-refractivity contribution in [1.82, 2.24) is 40.0 Å². The first-order valence-electron chi connectivity index (χ1n) is 12.3. The van der Waals surface area contributed by atoms with Crippen LogP contribution in [-0.2, 0) is 26.3 Å². The molecule has 2 aliphatic rings. The molecule has 43 heavy (non-hydrogen) atoms. The highest BCUT2D eigenvalue weighted by Gasteiger charge is 2.43. The second-order valence-electron chi connectivity index (χ2n) is 9.00. The minimum absolute atomic E-state index is 0.0708. The fourth-order valence-electron chi connectivity index (χ4n) is 3.78. The average molecular weight is 621 g/mol. The van der Waals surface area contributed by atoms with E-state index in [1.165, 1.54) is 9.44 Å². The lowest BCUT2D eigenvalue weighted by Crippen LogP contribution is -2.68. The number of urea groups is 3. The van der Waals surface area contributed by atoms with Gasteiger partial charge in [-0.05, 0) is 12.0 Å². The van der Waals surface area contributed by atoms with Crippen molar-refractivity contribution in [2.24, 2.45) is 0 Å². The number of β-lactam (4-membered cyclic amide) rings is 1. The summed E-state index contributed by atoms with van der Waals surface area (Å²) in [4.78, 5) is 88.9. The molecule has 2 fully saturated rings. The number of imide groups is 2. The number of benzene rings is 1. The quantitative estimate of drug-likeness (QED) is 0.197. The SMILES string of the molecule is O=C(N[C@H]1CN(C(=O)NS(=O)(=O)NC(=O)N2CCCN(NC(=O)c3cc(=O)c(O)c[nH]3)C2=O)C1=O)OCc1ccccc1. The highest BCUT2D eigenvalue weighted by molar-refractivity contribution is 7.88. The van der Waals surface area contributed by atoms with Gasteiger partial charge in [-0.15, -0.1) is 0 Å². The number of hydrogen-bond donors (Lipinski definition) is 6. The fourth-order valence-corrected chi connectivity index (χ4v) is 4.51. The molecule has 4 rings (SSSR count). The number of carbonyl (C=O) groups excluding carboxylic acids is 6. The molecular weight excluding hydrogens is 596 g/mol. The molecule has 20 heteroatoms. The van der Waals surface area contributed by atoms with Crippen molar-refractivity contribution in [3.05, 3.63) is 64.1 Å². The number of nitrogens with zero attached hydrogens (tertiary/aromatic N) is 3. The molecule has 2 aliphatic heterocycles. The fraction of sp³-hybridized carbons (Fsp3) is 0.261. The molecule has 1 atom stereocenters. The van der Waals surface area contributed by atoms with Crippen molar-refractivity contribution < 1.29 is 47.0 Å². The number of hydrazine groups is 1. The third-order valence-electron chi connectivity index (χ3n) is 5.97. The summed E-state index contributed by atoms with van der Waals surface area (Å²) in [5.41, 5.74) is 1.66. The highest BCUT2D eigenvalue weighted by Crippen LogP contribution is 2.12. The zero-order chi connectivity index (χ0) is 31.3. The van der Waals surface area contributed by atoms with Crippen molar-refractivity contribution in [2.75, 3.05) is 19.6 Å². The third-order valence-corrected chi connectivity index (χ3v) is 6.85. The normalized spacial score (nSPS) is 16.6. The maximum Gasteiger partial charge on any atom is 0.408 e. The van der Waals surface area contributed by atoms with Gasteiger partial charge in [0.15, 0.2) is 5.75 Å². The number of H-pyrrole nitrogens is 1. The van der Waals surface area contributed by atoms with Crippen LogP contribution in [0.1, 0.15) is 22.5 Å². The number of likely N-dealkylation sites (tertiary alicyclic amines) is 1. The molecule has 2 saturated heterocycles. The lowest BCUT2D eigenvalue weighted by molar-refractivity contribution is -0.139. The van der Waals surface area contributed by atoms with Gasteiger partial charge in [0, 0.05) is 25.4 Å². The molecule has 0 bridgehead atoms.